The van der Waals surface area contributed by atoms with E-state index in [1.54, 1.807) is 0 Å². The van der Waals surface area contributed by atoms with Crippen LogP contribution in [0.5, 0.6) is 0 Å². The van der Waals surface area contributed by atoms with Gasteiger partial charge in [-0.15, -0.1) is 0 Å². The van der Waals surface area contributed by atoms with E-state index in [2.05, 4.69) is 32.7 Å². The van der Waals surface area contributed by atoms with Gasteiger partial charge in [0.05, 0.1) is 0 Å². The van der Waals surface area contributed by atoms with Gasteiger partial charge < -0.3 is 0 Å². The van der Waals surface area contributed by atoms with Crippen molar-refractivity contribution in [3.05, 3.63) is 5.56 Å². The number of hydrogen-bond acceptors (Lipinski definition) is 1. The predicted molar refractivity (Wildman–Crippen MR) is 78.3 cm³/mol. The number of pyridine rings is 1. The average Bonchev–Trinajstić information content (AvgIpc) is 2.11. The summed E-state index contributed by atoms with van der Waals surface area (Å²) in [5.41, 5.74) is 2.38. The second-order valence-electron chi connectivity index (χ2n) is 5.79. The van der Waals surface area contributed by atoms with E-state index >= 15 is 0 Å². The quantitative estimate of drug-likeness (QED) is 0.566. The first-order chi connectivity index (χ1) is 7.63. The van der Waals surface area contributed by atoms with E-state index < -0.39 is 0 Å². The van der Waals surface area contributed by atoms with Crippen molar-refractivity contribution in [3.8, 4) is 0 Å². The fourth-order valence-electron chi connectivity index (χ4n) is 2.21. The Morgan fingerprint density at radius 1 is 1.00 bits per heavy atom. The first kappa shape index (κ1) is 14.5. The summed E-state index contributed by atoms with van der Waals surface area (Å²) in [4.78, 5) is 4.04. The SMILES string of the molecule is [B]c1nc([B])c(C(C)CC(C)(C)C)c([B])c1[B]. The third-order valence-corrected chi connectivity index (χ3v) is 2.78. The molecular formula is C12H15B4N. The van der Waals surface area contributed by atoms with Crippen molar-refractivity contribution in [2.45, 2.75) is 40.0 Å². The molecule has 1 aromatic heterocycles. The Morgan fingerprint density at radius 2 is 1.53 bits per heavy atom. The first-order valence-corrected chi connectivity index (χ1v) is 5.73. The molecule has 0 bridgehead atoms. The molecule has 1 rings (SSSR count). The van der Waals surface area contributed by atoms with E-state index in [1.165, 1.54) is 0 Å². The van der Waals surface area contributed by atoms with Crippen LogP contribution in [0.15, 0.2) is 0 Å². The van der Waals surface area contributed by atoms with Gasteiger partial charge in [-0.2, -0.15) is 0 Å². The maximum absolute atomic E-state index is 5.98. The van der Waals surface area contributed by atoms with Gasteiger partial charge in [0.15, 0.2) is 0 Å². The number of aromatic nitrogens is 1. The van der Waals surface area contributed by atoms with Crippen molar-refractivity contribution in [3.63, 3.8) is 0 Å². The maximum atomic E-state index is 5.98. The van der Waals surface area contributed by atoms with Crippen molar-refractivity contribution >= 4 is 53.5 Å². The number of hydrogen-bond donors (Lipinski definition) is 0. The molecule has 1 aromatic rings. The maximum Gasteiger partial charge on any atom is 0.142 e. The highest BCUT2D eigenvalue weighted by atomic mass is 14.7. The summed E-state index contributed by atoms with van der Waals surface area (Å²) in [5, 5.41) is 0. The molecule has 1 atom stereocenters. The van der Waals surface area contributed by atoms with Crippen LogP contribution in [0.3, 0.4) is 0 Å². The van der Waals surface area contributed by atoms with E-state index in [9.17, 15) is 0 Å². The minimum absolute atomic E-state index is 0.189. The summed E-state index contributed by atoms with van der Waals surface area (Å²) in [5.74, 6) is 0.199. The molecule has 0 aliphatic rings. The molecule has 0 amide bonds. The van der Waals surface area contributed by atoms with Gasteiger partial charge in [0, 0.05) is 0 Å². The molecule has 17 heavy (non-hydrogen) atoms. The third-order valence-electron chi connectivity index (χ3n) is 2.78. The van der Waals surface area contributed by atoms with E-state index in [1.807, 2.05) is 0 Å². The molecule has 8 radical (unpaired) electrons. The Kier molecular flexibility index (Phi) is 4.22. The van der Waals surface area contributed by atoms with Crippen LogP contribution in [0.2, 0.25) is 0 Å². The molecule has 0 saturated carbocycles. The molecular weight excluding hydrogens is 201 g/mol. The lowest BCUT2D eigenvalue weighted by atomic mass is 9.67. The molecule has 0 spiro atoms. The lowest BCUT2D eigenvalue weighted by Crippen LogP contribution is -2.49. The van der Waals surface area contributed by atoms with Crippen LogP contribution >= 0.6 is 0 Å². The number of nitrogens with zero attached hydrogens (tertiary/aromatic N) is 1. The van der Waals surface area contributed by atoms with Gasteiger partial charge in [0.1, 0.15) is 31.4 Å². The van der Waals surface area contributed by atoms with Crippen LogP contribution < -0.4 is 22.1 Å². The highest BCUT2D eigenvalue weighted by molar-refractivity contribution is 6.58. The summed E-state index contributed by atoms with van der Waals surface area (Å²) >= 11 is 0. The van der Waals surface area contributed by atoms with Gasteiger partial charge in [0.25, 0.3) is 0 Å². The molecule has 1 heterocycles. The summed E-state index contributed by atoms with van der Waals surface area (Å²) < 4.78 is 0. The molecule has 0 aliphatic carbocycles. The average molecular weight is 217 g/mol. The van der Waals surface area contributed by atoms with Gasteiger partial charge in [-0.25, -0.2) is 0 Å². The molecule has 0 saturated heterocycles. The summed E-state index contributed by atoms with van der Waals surface area (Å²) in [6.45, 7) is 8.59. The monoisotopic (exact) mass is 217 g/mol. The minimum Gasteiger partial charge on any atom is -0.281 e. The van der Waals surface area contributed by atoms with Crippen LogP contribution in [0.4, 0.5) is 0 Å². The van der Waals surface area contributed by atoms with Gasteiger partial charge >= 0.3 is 0 Å². The fraction of sp³-hybridized carbons (Fsp3) is 0.583. The molecule has 0 N–H and O–H groups in total. The summed E-state index contributed by atoms with van der Waals surface area (Å²) in [6, 6.07) is 0. The van der Waals surface area contributed by atoms with Crippen molar-refractivity contribution in [1.82, 2.24) is 4.98 Å². The van der Waals surface area contributed by atoms with Crippen LogP contribution in [0.1, 0.15) is 45.6 Å². The van der Waals surface area contributed by atoms with E-state index in [-0.39, 0.29) is 16.9 Å². The second-order valence-corrected chi connectivity index (χ2v) is 5.79. The zero-order valence-corrected chi connectivity index (χ0v) is 11.0. The highest BCUT2D eigenvalue weighted by Gasteiger charge is 2.20. The lowest BCUT2D eigenvalue weighted by molar-refractivity contribution is 0.350. The Bertz CT molecular complexity index is 423. The smallest absolute Gasteiger partial charge is 0.142 e. The Labute approximate surface area is 110 Å². The molecule has 0 fully saturated rings. The van der Waals surface area contributed by atoms with Gasteiger partial charge in [-0.1, -0.05) is 38.6 Å². The molecule has 0 aliphatic heterocycles. The largest absolute Gasteiger partial charge is 0.281 e. The second kappa shape index (κ2) is 4.96. The van der Waals surface area contributed by atoms with Crippen molar-refractivity contribution in [2.75, 3.05) is 0 Å². The predicted octanol–water partition coefficient (Wildman–Crippen LogP) is -1.20. The van der Waals surface area contributed by atoms with E-state index in [4.69, 9.17) is 31.4 Å². The standard InChI is InChI=1S/C12H15B4N/c1-6(5-12(2,3)4)7-8(13)9(14)11(16)17-10(7)15/h6H,5H2,1-4H3. The zero-order chi connectivity index (χ0) is 13.4. The van der Waals surface area contributed by atoms with Crippen LogP contribution in [0, 0.1) is 5.41 Å². The zero-order valence-electron chi connectivity index (χ0n) is 11.0. The van der Waals surface area contributed by atoms with E-state index in [0.29, 0.717) is 16.5 Å². The minimum atomic E-state index is 0.189. The normalized spacial score (nSPS) is 13.6. The fourth-order valence-corrected chi connectivity index (χ4v) is 2.21. The summed E-state index contributed by atoms with van der Waals surface area (Å²) in [6.07, 6.45) is 0.951. The van der Waals surface area contributed by atoms with Crippen molar-refractivity contribution < 1.29 is 0 Å². The molecule has 5 heteroatoms. The van der Waals surface area contributed by atoms with Gasteiger partial charge in [-0.3, -0.25) is 4.98 Å². The van der Waals surface area contributed by atoms with Crippen molar-refractivity contribution in [1.29, 1.82) is 0 Å². The third kappa shape index (κ3) is 3.43. The van der Waals surface area contributed by atoms with E-state index in [0.717, 1.165) is 12.0 Å². The molecule has 1 nitrogen and oxygen atoms in total. The van der Waals surface area contributed by atoms with Gasteiger partial charge in [0.2, 0.25) is 0 Å². The topological polar surface area (TPSA) is 12.9 Å². The summed E-state index contributed by atoms with van der Waals surface area (Å²) in [7, 11) is 23.3. The Balaban J connectivity index is 3.18. The highest BCUT2D eigenvalue weighted by Crippen LogP contribution is 2.28. The van der Waals surface area contributed by atoms with Gasteiger partial charge in [-0.05, 0) is 34.5 Å². The van der Waals surface area contributed by atoms with Crippen LogP contribution in [0.25, 0.3) is 0 Å². The Hall–Kier alpha value is -0.590. The molecule has 1 unspecified atom stereocenters. The molecule has 80 valence electrons. The Morgan fingerprint density at radius 3 is 2.00 bits per heavy atom. The lowest BCUT2D eigenvalue weighted by Gasteiger charge is -2.27. The van der Waals surface area contributed by atoms with Crippen LogP contribution in [-0.4, -0.2) is 36.4 Å². The van der Waals surface area contributed by atoms with Crippen molar-refractivity contribution in [2.24, 2.45) is 5.41 Å². The first-order valence-electron chi connectivity index (χ1n) is 5.73. The number of rotatable bonds is 2. The molecule has 0 aromatic carbocycles. The van der Waals surface area contributed by atoms with Crippen LogP contribution in [-0.2, 0) is 0 Å².